The maximum absolute atomic E-state index is 13.6. The van der Waals surface area contributed by atoms with Crippen LogP contribution in [0.1, 0.15) is 16.7 Å². The number of halogens is 1. The minimum absolute atomic E-state index is 0.190. The van der Waals surface area contributed by atoms with Gasteiger partial charge in [-0.15, -0.1) is 0 Å². The summed E-state index contributed by atoms with van der Waals surface area (Å²) >= 11 is 0. The number of aromatic nitrogens is 2. The summed E-state index contributed by atoms with van der Waals surface area (Å²) in [4.78, 5) is 4.20. The van der Waals surface area contributed by atoms with Gasteiger partial charge in [-0.2, -0.15) is 5.10 Å². The van der Waals surface area contributed by atoms with Crippen molar-refractivity contribution >= 4 is 5.96 Å². The Bertz CT molecular complexity index is 870. The third-order valence-corrected chi connectivity index (χ3v) is 4.09. The van der Waals surface area contributed by atoms with Crippen LogP contribution in [0.15, 0.2) is 65.9 Å². The van der Waals surface area contributed by atoms with Crippen molar-refractivity contribution in [2.45, 2.75) is 20.0 Å². The summed E-state index contributed by atoms with van der Waals surface area (Å²) < 4.78 is 15.4. The molecule has 0 saturated carbocycles. The summed E-state index contributed by atoms with van der Waals surface area (Å²) in [6, 6.07) is 15.3. The van der Waals surface area contributed by atoms with Crippen LogP contribution in [0.25, 0.3) is 5.69 Å². The lowest BCUT2D eigenvalue weighted by Crippen LogP contribution is -2.36. The highest BCUT2D eigenvalue weighted by molar-refractivity contribution is 5.79. The Morgan fingerprint density at radius 1 is 1.08 bits per heavy atom. The zero-order valence-corrected chi connectivity index (χ0v) is 14.9. The molecular formula is C20H22FN5. The number of nitrogens with zero attached hydrogens (tertiary/aromatic N) is 3. The molecule has 134 valence electrons. The summed E-state index contributed by atoms with van der Waals surface area (Å²) in [6.45, 7) is 2.90. The van der Waals surface area contributed by atoms with Gasteiger partial charge in [0.25, 0.3) is 0 Å². The number of hydrogen-bond donors (Lipinski definition) is 2. The van der Waals surface area contributed by atoms with Crippen LogP contribution < -0.4 is 10.6 Å². The summed E-state index contributed by atoms with van der Waals surface area (Å²) in [5.74, 6) is 0.478. The highest BCUT2D eigenvalue weighted by Gasteiger charge is 2.03. The third-order valence-electron chi connectivity index (χ3n) is 4.09. The number of rotatable bonds is 5. The fourth-order valence-corrected chi connectivity index (χ4v) is 2.53. The molecule has 3 rings (SSSR count). The molecule has 2 N–H and O–H groups in total. The number of hydrogen-bond acceptors (Lipinski definition) is 2. The lowest BCUT2D eigenvalue weighted by molar-refractivity contribution is 0.615. The van der Waals surface area contributed by atoms with E-state index in [9.17, 15) is 4.39 Å². The van der Waals surface area contributed by atoms with E-state index in [1.54, 1.807) is 32.3 Å². The largest absolute Gasteiger partial charge is 0.352 e. The molecule has 0 radical (unpaired) electrons. The van der Waals surface area contributed by atoms with E-state index in [4.69, 9.17) is 0 Å². The van der Waals surface area contributed by atoms with E-state index in [1.807, 2.05) is 47.3 Å². The van der Waals surface area contributed by atoms with Gasteiger partial charge < -0.3 is 10.6 Å². The molecule has 1 heterocycles. The molecule has 26 heavy (non-hydrogen) atoms. The number of aryl methyl sites for hydroxylation is 1. The summed E-state index contributed by atoms with van der Waals surface area (Å²) in [5, 5.41) is 10.7. The van der Waals surface area contributed by atoms with Crippen molar-refractivity contribution < 1.29 is 4.39 Å². The van der Waals surface area contributed by atoms with E-state index in [1.165, 1.54) is 0 Å². The summed E-state index contributed by atoms with van der Waals surface area (Å²) in [6.07, 6.45) is 3.66. The van der Waals surface area contributed by atoms with Gasteiger partial charge in [0.05, 0.1) is 5.69 Å². The van der Waals surface area contributed by atoms with E-state index in [2.05, 4.69) is 20.7 Å². The minimum atomic E-state index is -0.190. The second-order valence-electron chi connectivity index (χ2n) is 5.98. The van der Waals surface area contributed by atoms with Crippen LogP contribution in [0.5, 0.6) is 0 Å². The molecule has 2 aromatic carbocycles. The number of guanidine groups is 1. The fourth-order valence-electron chi connectivity index (χ4n) is 2.53. The standard InChI is InChI=1S/C20H22FN5/c1-15-4-5-17(12-19(15)21)14-24-20(22-2)23-13-16-6-8-18(9-7-16)26-11-3-10-25-26/h3-12H,13-14H2,1-2H3,(H2,22,23,24). The van der Waals surface area contributed by atoms with Crippen LogP contribution in [0.2, 0.25) is 0 Å². The number of nitrogens with one attached hydrogen (secondary N) is 2. The predicted molar refractivity (Wildman–Crippen MR) is 102 cm³/mol. The van der Waals surface area contributed by atoms with E-state index >= 15 is 0 Å². The Morgan fingerprint density at radius 2 is 1.77 bits per heavy atom. The average Bonchev–Trinajstić information content (AvgIpc) is 3.20. The number of benzene rings is 2. The summed E-state index contributed by atoms with van der Waals surface area (Å²) in [5.41, 5.74) is 3.67. The van der Waals surface area contributed by atoms with Crippen LogP contribution >= 0.6 is 0 Å². The monoisotopic (exact) mass is 351 g/mol. The van der Waals surface area contributed by atoms with Crippen molar-refractivity contribution in [3.63, 3.8) is 0 Å². The summed E-state index contributed by atoms with van der Waals surface area (Å²) in [7, 11) is 1.71. The SMILES string of the molecule is CN=C(NCc1ccc(-n2cccn2)cc1)NCc1ccc(C)c(F)c1. The molecule has 0 amide bonds. The Kier molecular flexibility index (Phi) is 5.63. The Balaban J connectivity index is 1.53. The fraction of sp³-hybridized carbons (Fsp3) is 0.200. The van der Waals surface area contributed by atoms with Gasteiger partial charge >= 0.3 is 0 Å². The average molecular weight is 351 g/mol. The van der Waals surface area contributed by atoms with Crippen LogP contribution in [-0.4, -0.2) is 22.8 Å². The van der Waals surface area contributed by atoms with Crippen LogP contribution in [0, 0.1) is 12.7 Å². The maximum atomic E-state index is 13.6. The van der Waals surface area contributed by atoms with Crippen LogP contribution in [-0.2, 0) is 13.1 Å². The minimum Gasteiger partial charge on any atom is -0.352 e. The predicted octanol–water partition coefficient (Wildman–Crippen LogP) is 3.19. The van der Waals surface area contributed by atoms with Crippen molar-refractivity contribution in [2.75, 3.05) is 7.05 Å². The highest BCUT2D eigenvalue weighted by Crippen LogP contribution is 2.10. The Labute approximate surface area is 152 Å². The first kappa shape index (κ1) is 17.7. The normalized spacial score (nSPS) is 11.4. The van der Waals surface area contributed by atoms with Gasteiger partial charge in [-0.25, -0.2) is 9.07 Å². The molecule has 1 aromatic heterocycles. The quantitative estimate of drug-likeness (QED) is 0.548. The highest BCUT2D eigenvalue weighted by atomic mass is 19.1. The van der Waals surface area contributed by atoms with Crippen molar-refractivity contribution in [1.29, 1.82) is 0 Å². The topological polar surface area (TPSA) is 54.2 Å². The zero-order chi connectivity index (χ0) is 18.4. The number of aliphatic imine (C=N–C) groups is 1. The van der Waals surface area contributed by atoms with Gasteiger partial charge in [-0.3, -0.25) is 4.99 Å². The Morgan fingerprint density at radius 3 is 2.38 bits per heavy atom. The van der Waals surface area contributed by atoms with Crippen LogP contribution in [0.4, 0.5) is 4.39 Å². The van der Waals surface area contributed by atoms with Gasteiger partial charge in [0.15, 0.2) is 5.96 Å². The van der Waals surface area contributed by atoms with E-state index in [-0.39, 0.29) is 5.82 Å². The second kappa shape index (κ2) is 8.29. The Hall–Kier alpha value is -3.15. The third kappa shape index (κ3) is 4.47. The van der Waals surface area contributed by atoms with Crippen molar-refractivity contribution in [1.82, 2.24) is 20.4 Å². The first-order chi connectivity index (χ1) is 12.7. The van der Waals surface area contributed by atoms with E-state index in [0.717, 1.165) is 16.8 Å². The first-order valence-corrected chi connectivity index (χ1v) is 8.44. The molecule has 0 aliphatic rings. The molecule has 0 fully saturated rings. The van der Waals surface area contributed by atoms with Gasteiger partial charge in [0.2, 0.25) is 0 Å². The second-order valence-corrected chi connectivity index (χ2v) is 5.98. The molecule has 0 unspecified atom stereocenters. The van der Waals surface area contributed by atoms with E-state index in [0.29, 0.717) is 24.6 Å². The van der Waals surface area contributed by atoms with Gasteiger partial charge in [0.1, 0.15) is 5.82 Å². The maximum Gasteiger partial charge on any atom is 0.191 e. The van der Waals surface area contributed by atoms with Gasteiger partial charge in [-0.05, 0) is 47.9 Å². The smallest absolute Gasteiger partial charge is 0.191 e. The van der Waals surface area contributed by atoms with Crippen molar-refractivity contribution in [2.24, 2.45) is 4.99 Å². The molecule has 0 atom stereocenters. The lowest BCUT2D eigenvalue weighted by atomic mass is 10.1. The molecule has 3 aromatic rings. The molecule has 6 heteroatoms. The van der Waals surface area contributed by atoms with Crippen LogP contribution in [0.3, 0.4) is 0 Å². The van der Waals surface area contributed by atoms with Gasteiger partial charge in [-0.1, -0.05) is 24.3 Å². The lowest BCUT2D eigenvalue weighted by Gasteiger charge is -2.13. The van der Waals surface area contributed by atoms with Gasteiger partial charge in [0, 0.05) is 32.5 Å². The van der Waals surface area contributed by atoms with E-state index < -0.39 is 0 Å². The van der Waals surface area contributed by atoms with Crippen molar-refractivity contribution in [3.05, 3.63) is 83.4 Å². The molecule has 0 saturated heterocycles. The molecular weight excluding hydrogens is 329 g/mol. The molecule has 5 nitrogen and oxygen atoms in total. The van der Waals surface area contributed by atoms with Crippen molar-refractivity contribution in [3.8, 4) is 5.69 Å². The first-order valence-electron chi connectivity index (χ1n) is 8.44. The molecule has 0 aliphatic carbocycles. The molecule has 0 aliphatic heterocycles. The molecule has 0 bridgehead atoms. The zero-order valence-electron chi connectivity index (χ0n) is 14.9. The molecule has 0 spiro atoms.